The van der Waals surface area contributed by atoms with E-state index in [1.54, 1.807) is 18.3 Å². The summed E-state index contributed by atoms with van der Waals surface area (Å²) in [6, 6.07) is 6.22. The Kier molecular flexibility index (Phi) is 6.10. The number of aliphatic hydroxyl groups is 1. The standard InChI is InChI=1S/C22H21F3N4O3S/c1-12-8-14(10-15(9-12)28-20-26-7-4-17(29-20)22(23,24)25)16-11-27-19(33-16)21(32)5-2-13(3-6-21)18(30)31/h4,7-11,13,32H,2-3,5-6H2,1H3,(H,30,31)(H,26,28,29). The minimum Gasteiger partial charge on any atom is -0.481 e. The number of carboxylic acid groups (broad SMARTS) is 1. The van der Waals surface area contributed by atoms with Gasteiger partial charge >= 0.3 is 12.1 Å². The fourth-order valence-electron chi connectivity index (χ4n) is 3.88. The van der Waals surface area contributed by atoms with Gasteiger partial charge in [-0.1, -0.05) is 6.07 Å². The molecule has 33 heavy (non-hydrogen) atoms. The first kappa shape index (κ1) is 23.1. The molecule has 174 valence electrons. The molecule has 1 aliphatic rings. The van der Waals surface area contributed by atoms with Gasteiger partial charge in [0.05, 0.1) is 10.8 Å². The van der Waals surface area contributed by atoms with Crippen LogP contribution in [0, 0.1) is 12.8 Å². The molecule has 1 fully saturated rings. The van der Waals surface area contributed by atoms with Crippen molar-refractivity contribution in [3.8, 4) is 10.4 Å². The highest BCUT2D eigenvalue weighted by Gasteiger charge is 2.39. The summed E-state index contributed by atoms with van der Waals surface area (Å²) in [5.74, 6) is -1.47. The fraction of sp³-hybridized carbons (Fsp3) is 0.364. The number of aryl methyl sites for hydroxylation is 1. The molecular weight excluding hydrogens is 457 g/mol. The summed E-state index contributed by atoms with van der Waals surface area (Å²) in [6.07, 6.45) is -0.466. The number of alkyl halides is 3. The van der Waals surface area contributed by atoms with E-state index in [1.807, 2.05) is 13.0 Å². The largest absolute Gasteiger partial charge is 0.481 e. The molecule has 0 spiro atoms. The minimum absolute atomic E-state index is 0.170. The van der Waals surface area contributed by atoms with Crippen LogP contribution in [0.5, 0.6) is 0 Å². The molecule has 0 amide bonds. The lowest BCUT2D eigenvalue weighted by Crippen LogP contribution is -2.33. The highest BCUT2D eigenvalue weighted by atomic mass is 32.1. The van der Waals surface area contributed by atoms with Crippen molar-refractivity contribution in [1.29, 1.82) is 0 Å². The van der Waals surface area contributed by atoms with Crippen LogP contribution in [0.4, 0.5) is 24.8 Å². The van der Waals surface area contributed by atoms with Gasteiger partial charge in [0.25, 0.3) is 0 Å². The number of aromatic nitrogens is 3. The molecule has 0 atom stereocenters. The van der Waals surface area contributed by atoms with Gasteiger partial charge in [0.1, 0.15) is 16.3 Å². The van der Waals surface area contributed by atoms with Crippen molar-refractivity contribution in [2.24, 2.45) is 5.92 Å². The third-order valence-corrected chi connectivity index (χ3v) is 6.87. The topological polar surface area (TPSA) is 108 Å². The van der Waals surface area contributed by atoms with Crippen LogP contribution < -0.4 is 5.32 Å². The number of benzene rings is 1. The molecule has 1 aromatic carbocycles. The van der Waals surface area contributed by atoms with E-state index in [9.17, 15) is 28.2 Å². The third-order valence-electron chi connectivity index (χ3n) is 5.63. The molecule has 0 saturated heterocycles. The number of nitrogens with zero attached hydrogens (tertiary/aromatic N) is 3. The van der Waals surface area contributed by atoms with Crippen LogP contribution in [0.2, 0.25) is 0 Å². The second-order valence-corrected chi connectivity index (χ2v) is 9.18. The first-order chi connectivity index (χ1) is 15.5. The Bertz CT molecular complexity index is 1170. The maximum Gasteiger partial charge on any atom is 0.433 e. The van der Waals surface area contributed by atoms with Crippen molar-refractivity contribution in [2.75, 3.05) is 5.32 Å². The van der Waals surface area contributed by atoms with E-state index in [0.717, 1.165) is 28.3 Å². The van der Waals surface area contributed by atoms with E-state index in [-0.39, 0.29) is 5.95 Å². The number of carbonyl (C=O) groups is 1. The summed E-state index contributed by atoms with van der Waals surface area (Å²) in [7, 11) is 0. The van der Waals surface area contributed by atoms with Gasteiger partial charge in [-0.2, -0.15) is 13.2 Å². The summed E-state index contributed by atoms with van der Waals surface area (Å²) in [5.41, 5.74) is -0.0505. The highest BCUT2D eigenvalue weighted by Crippen LogP contribution is 2.43. The molecule has 2 aromatic heterocycles. The van der Waals surface area contributed by atoms with Gasteiger partial charge in [-0.05, 0) is 61.9 Å². The van der Waals surface area contributed by atoms with Gasteiger partial charge in [-0.15, -0.1) is 11.3 Å². The zero-order chi connectivity index (χ0) is 23.8. The van der Waals surface area contributed by atoms with Crippen molar-refractivity contribution >= 4 is 28.9 Å². The number of thiazole rings is 1. The Hall–Kier alpha value is -3.05. The first-order valence-electron chi connectivity index (χ1n) is 10.2. The molecule has 7 nitrogen and oxygen atoms in total. The highest BCUT2D eigenvalue weighted by molar-refractivity contribution is 7.15. The van der Waals surface area contributed by atoms with Crippen LogP contribution in [-0.4, -0.2) is 31.1 Å². The molecule has 0 bridgehead atoms. The maximum absolute atomic E-state index is 12.9. The van der Waals surface area contributed by atoms with Gasteiger partial charge in [0.2, 0.25) is 5.95 Å². The molecule has 3 N–H and O–H groups in total. The van der Waals surface area contributed by atoms with E-state index < -0.39 is 29.4 Å². The zero-order valence-corrected chi connectivity index (χ0v) is 18.4. The predicted octanol–water partition coefficient (Wildman–Crippen LogP) is 5.13. The number of anilines is 2. The lowest BCUT2D eigenvalue weighted by atomic mass is 9.79. The van der Waals surface area contributed by atoms with Gasteiger partial charge < -0.3 is 15.5 Å². The Labute approximate surface area is 191 Å². The van der Waals surface area contributed by atoms with Crippen LogP contribution in [0.1, 0.15) is 41.9 Å². The second kappa shape index (κ2) is 8.71. The van der Waals surface area contributed by atoms with E-state index in [2.05, 4.69) is 20.3 Å². The number of nitrogens with one attached hydrogen (secondary N) is 1. The molecule has 1 aliphatic carbocycles. The SMILES string of the molecule is Cc1cc(Nc2nccc(C(F)(F)F)n2)cc(-c2cnc(C3(O)CCC(C(=O)O)CC3)s2)c1. The van der Waals surface area contributed by atoms with Crippen molar-refractivity contribution in [1.82, 2.24) is 15.0 Å². The van der Waals surface area contributed by atoms with Crippen LogP contribution in [0.15, 0.2) is 36.7 Å². The monoisotopic (exact) mass is 478 g/mol. The average Bonchev–Trinajstić information content (AvgIpc) is 3.25. The average molecular weight is 478 g/mol. The second-order valence-electron chi connectivity index (χ2n) is 8.15. The van der Waals surface area contributed by atoms with Gasteiger partial charge in [-0.3, -0.25) is 4.79 Å². The lowest BCUT2D eigenvalue weighted by molar-refractivity contribution is -0.145. The third kappa shape index (κ3) is 5.14. The molecule has 0 radical (unpaired) electrons. The maximum atomic E-state index is 12.9. The van der Waals surface area contributed by atoms with Gasteiger partial charge in [0, 0.05) is 18.1 Å². The van der Waals surface area contributed by atoms with Gasteiger partial charge in [-0.25, -0.2) is 15.0 Å². The van der Waals surface area contributed by atoms with Gasteiger partial charge in [0.15, 0.2) is 0 Å². The summed E-state index contributed by atoms with van der Waals surface area (Å²) >= 11 is 1.31. The molecule has 0 unspecified atom stereocenters. The van der Waals surface area contributed by atoms with E-state index in [0.29, 0.717) is 36.4 Å². The Morgan fingerprint density at radius 2 is 1.94 bits per heavy atom. The van der Waals surface area contributed by atoms with Crippen LogP contribution in [0.25, 0.3) is 10.4 Å². The number of hydrogen-bond acceptors (Lipinski definition) is 7. The van der Waals surface area contributed by atoms with Crippen LogP contribution >= 0.6 is 11.3 Å². The number of hydrogen-bond donors (Lipinski definition) is 3. The molecule has 1 saturated carbocycles. The Morgan fingerprint density at radius 3 is 2.61 bits per heavy atom. The van der Waals surface area contributed by atoms with Crippen LogP contribution in [-0.2, 0) is 16.6 Å². The quantitative estimate of drug-likeness (QED) is 0.466. The number of carboxylic acids is 1. The zero-order valence-electron chi connectivity index (χ0n) is 17.6. The summed E-state index contributed by atoms with van der Waals surface area (Å²) in [6.45, 7) is 1.85. The smallest absolute Gasteiger partial charge is 0.433 e. The molecule has 4 rings (SSSR count). The Balaban J connectivity index is 1.56. The first-order valence-corrected chi connectivity index (χ1v) is 11.1. The minimum atomic E-state index is -4.57. The molecule has 11 heteroatoms. The molecule has 3 aromatic rings. The predicted molar refractivity (Wildman–Crippen MR) is 116 cm³/mol. The lowest BCUT2D eigenvalue weighted by Gasteiger charge is -2.32. The molecule has 2 heterocycles. The fourth-order valence-corrected chi connectivity index (χ4v) is 4.93. The van der Waals surface area contributed by atoms with Crippen molar-refractivity contribution < 1.29 is 28.2 Å². The summed E-state index contributed by atoms with van der Waals surface area (Å²) < 4.78 is 38.8. The normalized spacial score (nSPS) is 21.1. The van der Waals surface area contributed by atoms with E-state index >= 15 is 0 Å². The summed E-state index contributed by atoms with van der Waals surface area (Å²) in [4.78, 5) is 23.8. The van der Waals surface area contributed by atoms with Crippen molar-refractivity contribution in [3.05, 3.63) is 52.9 Å². The number of aliphatic carboxylic acids is 1. The van der Waals surface area contributed by atoms with Crippen molar-refractivity contribution in [2.45, 2.75) is 44.4 Å². The molecular formula is C22H21F3N4O3S. The van der Waals surface area contributed by atoms with E-state index in [1.165, 1.54) is 11.3 Å². The Morgan fingerprint density at radius 1 is 1.21 bits per heavy atom. The number of halogens is 3. The van der Waals surface area contributed by atoms with Crippen molar-refractivity contribution in [3.63, 3.8) is 0 Å². The van der Waals surface area contributed by atoms with Crippen LogP contribution in [0.3, 0.4) is 0 Å². The molecule has 0 aliphatic heterocycles. The van der Waals surface area contributed by atoms with E-state index in [4.69, 9.17) is 0 Å². The summed E-state index contributed by atoms with van der Waals surface area (Å²) in [5, 5.41) is 23.6. The number of rotatable bonds is 5.